The van der Waals surface area contributed by atoms with Gasteiger partial charge in [-0.05, 0) is 19.0 Å². The van der Waals surface area contributed by atoms with Crippen molar-refractivity contribution >= 4 is 0 Å². The molecule has 0 aromatic carbocycles. The van der Waals surface area contributed by atoms with E-state index in [1.54, 1.807) is 12.5 Å². The smallest absolute Gasteiger partial charge is 0.228 e. The summed E-state index contributed by atoms with van der Waals surface area (Å²) in [5, 5.41) is 7.18. The maximum absolute atomic E-state index is 5.23. The second-order valence-corrected chi connectivity index (χ2v) is 4.37. The Morgan fingerprint density at radius 2 is 2.24 bits per heavy atom. The largest absolute Gasteiger partial charge is 0.472 e. The Hall–Kier alpha value is -1.62. The van der Waals surface area contributed by atoms with E-state index in [4.69, 9.17) is 8.94 Å². The van der Waals surface area contributed by atoms with Crippen molar-refractivity contribution in [1.29, 1.82) is 0 Å². The summed E-state index contributed by atoms with van der Waals surface area (Å²) >= 11 is 0. The Kier molecular flexibility index (Phi) is 3.58. The molecule has 0 aliphatic carbocycles. The normalized spacial score (nSPS) is 13.2. The molecule has 2 heterocycles. The molecule has 0 spiro atoms. The van der Waals surface area contributed by atoms with Crippen molar-refractivity contribution < 1.29 is 8.94 Å². The lowest BCUT2D eigenvalue weighted by Crippen LogP contribution is -2.32. The number of rotatable bonds is 5. The molecular weight excluding hydrogens is 218 g/mol. The molecule has 1 atom stereocenters. The highest BCUT2D eigenvalue weighted by Gasteiger charge is 2.16. The molecule has 0 amide bonds. The van der Waals surface area contributed by atoms with Gasteiger partial charge in [0.25, 0.3) is 0 Å². The van der Waals surface area contributed by atoms with Crippen LogP contribution in [-0.2, 0) is 6.42 Å². The molecule has 17 heavy (non-hydrogen) atoms. The van der Waals surface area contributed by atoms with Crippen LogP contribution in [0.25, 0.3) is 11.4 Å². The third-order valence-electron chi connectivity index (χ3n) is 2.82. The first kappa shape index (κ1) is 11.9. The van der Waals surface area contributed by atoms with Gasteiger partial charge in [-0.3, -0.25) is 0 Å². The van der Waals surface area contributed by atoms with E-state index >= 15 is 0 Å². The fourth-order valence-electron chi connectivity index (χ4n) is 1.71. The van der Waals surface area contributed by atoms with Crippen LogP contribution in [0.1, 0.15) is 19.7 Å². The highest BCUT2D eigenvalue weighted by Crippen LogP contribution is 2.17. The van der Waals surface area contributed by atoms with Crippen LogP contribution < -0.4 is 5.32 Å². The Labute approximate surface area is 100 Å². The molecule has 0 saturated carbocycles. The molecule has 0 fully saturated rings. The first-order valence-corrected chi connectivity index (χ1v) is 5.73. The summed E-state index contributed by atoms with van der Waals surface area (Å²) in [6.07, 6.45) is 3.93. The van der Waals surface area contributed by atoms with Crippen molar-refractivity contribution in [3.63, 3.8) is 0 Å². The molecule has 0 aliphatic rings. The maximum Gasteiger partial charge on any atom is 0.228 e. The molecular formula is C12H17N3O2. The lowest BCUT2D eigenvalue weighted by Gasteiger charge is -2.17. The monoisotopic (exact) mass is 235 g/mol. The second kappa shape index (κ2) is 5.14. The van der Waals surface area contributed by atoms with Gasteiger partial charge < -0.3 is 14.3 Å². The third kappa shape index (κ3) is 2.74. The number of likely N-dealkylation sites (N-methyl/N-ethyl adjacent to an activating group) is 1. The van der Waals surface area contributed by atoms with Gasteiger partial charge in [0, 0.05) is 12.5 Å². The first-order chi connectivity index (χ1) is 8.20. The van der Waals surface area contributed by atoms with Gasteiger partial charge in [-0.2, -0.15) is 4.98 Å². The van der Waals surface area contributed by atoms with Crippen LogP contribution in [0.5, 0.6) is 0 Å². The summed E-state index contributed by atoms with van der Waals surface area (Å²) in [6.45, 7) is 4.32. The summed E-state index contributed by atoms with van der Waals surface area (Å²) in [6, 6.07) is 2.15. The maximum atomic E-state index is 5.23. The third-order valence-corrected chi connectivity index (χ3v) is 2.82. The van der Waals surface area contributed by atoms with E-state index in [0.29, 0.717) is 23.7 Å². The molecule has 0 aliphatic heterocycles. The first-order valence-electron chi connectivity index (χ1n) is 5.73. The number of hydrogen-bond acceptors (Lipinski definition) is 5. The van der Waals surface area contributed by atoms with E-state index in [1.807, 2.05) is 13.1 Å². The predicted molar refractivity (Wildman–Crippen MR) is 63.4 cm³/mol. The summed E-state index contributed by atoms with van der Waals surface area (Å²) < 4.78 is 10.2. The Morgan fingerprint density at radius 1 is 1.41 bits per heavy atom. The number of hydrogen-bond donors (Lipinski definition) is 1. The van der Waals surface area contributed by atoms with Gasteiger partial charge in [-0.15, -0.1) is 0 Å². The summed E-state index contributed by atoms with van der Waals surface area (Å²) in [7, 11) is 1.94. The van der Waals surface area contributed by atoms with Gasteiger partial charge in [0.1, 0.15) is 6.26 Å². The summed E-state index contributed by atoms with van der Waals surface area (Å²) in [4.78, 5) is 4.35. The quantitative estimate of drug-likeness (QED) is 0.860. The molecule has 1 N–H and O–H groups in total. The number of nitrogens with one attached hydrogen (secondary N) is 1. The molecule has 0 saturated heterocycles. The van der Waals surface area contributed by atoms with Crippen molar-refractivity contribution in [3.05, 3.63) is 24.5 Å². The number of aromatic nitrogens is 2. The highest BCUT2D eigenvalue weighted by molar-refractivity contribution is 5.51. The van der Waals surface area contributed by atoms with E-state index in [-0.39, 0.29) is 0 Å². The minimum absolute atomic E-state index is 0.340. The average Bonchev–Trinajstić information content (AvgIpc) is 2.95. The van der Waals surface area contributed by atoms with E-state index in [9.17, 15) is 0 Å². The van der Waals surface area contributed by atoms with Crippen LogP contribution in [0.4, 0.5) is 0 Å². The fourth-order valence-corrected chi connectivity index (χ4v) is 1.71. The predicted octanol–water partition coefficient (Wildman–Crippen LogP) is 2.12. The van der Waals surface area contributed by atoms with Crippen molar-refractivity contribution in [3.8, 4) is 11.4 Å². The van der Waals surface area contributed by atoms with Gasteiger partial charge in [0.15, 0.2) is 0 Å². The van der Waals surface area contributed by atoms with Crippen LogP contribution in [0, 0.1) is 5.92 Å². The Morgan fingerprint density at radius 3 is 2.82 bits per heavy atom. The van der Waals surface area contributed by atoms with Crippen molar-refractivity contribution in [2.45, 2.75) is 26.3 Å². The zero-order chi connectivity index (χ0) is 12.3. The molecule has 5 nitrogen and oxygen atoms in total. The number of furan rings is 1. The van der Waals surface area contributed by atoms with Gasteiger partial charge >= 0.3 is 0 Å². The molecule has 2 aromatic heterocycles. The highest BCUT2D eigenvalue weighted by atomic mass is 16.5. The molecule has 2 aromatic rings. The molecule has 2 rings (SSSR count). The van der Waals surface area contributed by atoms with Crippen LogP contribution in [0.15, 0.2) is 27.5 Å². The molecule has 0 bridgehead atoms. The minimum atomic E-state index is 0.340. The molecule has 1 unspecified atom stereocenters. The Balaban J connectivity index is 2.08. The fraction of sp³-hybridized carbons (Fsp3) is 0.500. The number of nitrogens with zero attached hydrogens (tertiary/aromatic N) is 2. The van der Waals surface area contributed by atoms with E-state index < -0.39 is 0 Å². The van der Waals surface area contributed by atoms with Crippen LogP contribution in [0.3, 0.4) is 0 Å². The van der Waals surface area contributed by atoms with Gasteiger partial charge in [-0.1, -0.05) is 19.0 Å². The second-order valence-electron chi connectivity index (χ2n) is 4.37. The zero-order valence-corrected chi connectivity index (χ0v) is 10.3. The van der Waals surface area contributed by atoms with Crippen molar-refractivity contribution in [2.75, 3.05) is 7.05 Å². The van der Waals surface area contributed by atoms with Crippen molar-refractivity contribution in [2.24, 2.45) is 5.92 Å². The minimum Gasteiger partial charge on any atom is -0.472 e. The van der Waals surface area contributed by atoms with Crippen LogP contribution in [0.2, 0.25) is 0 Å². The lowest BCUT2D eigenvalue weighted by molar-refractivity contribution is 0.335. The average molecular weight is 235 g/mol. The van der Waals surface area contributed by atoms with Crippen LogP contribution in [-0.4, -0.2) is 23.2 Å². The van der Waals surface area contributed by atoms with Crippen molar-refractivity contribution in [1.82, 2.24) is 15.5 Å². The zero-order valence-electron chi connectivity index (χ0n) is 10.3. The summed E-state index contributed by atoms with van der Waals surface area (Å²) in [5.41, 5.74) is 0.838. The Bertz CT molecular complexity index is 448. The standard InChI is InChI=1S/C12H17N3O2/c1-8(2)10(13-3)6-11-14-12(15-17-11)9-4-5-16-7-9/h4-5,7-8,10,13H,6H2,1-3H3. The topological polar surface area (TPSA) is 64.1 Å². The SMILES string of the molecule is CNC(Cc1nc(-c2ccoc2)no1)C(C)C. The lowest BCUT2D eigenvalue weighted by atomic mass is 10.0. The van der Waals surface area contributed by atoms with Gasteiger partial charge in [0.05, 0.1) is 11.8 Å². The van der Waals surface area contributed by atoms with Crippen LogP contribution >= 0.6 is 0 Å². The van der Waals surface area contributed by atoms with E-state index in [0.717, 1.165) is 12.0 Å². The van der Waals surface area contributed by atoms with Gasteiger partial charge in [-0.25, -0.2) is 0 Å². The summed E-state index contributed by atoms with van der Waals surface area (Å²) in [5.74, 6) is 1.74. The van der Waals surface area contributed by atoms with E-state index in [1.165, 1.54) is 0 Å². The molecule has 0 radical (unpaired) electrons. The molecule has 5 heteroatoms. The molecule has 92 valence electrons. The van der Waals surface area contributed by atoms with Gasteiger partial charge in [0.2, 0.25) is 11.7 Å². The van der Waals surface area contributed by atoms with E-state index in [2.05, 4.69) is 29.3 Å².